The zero-order valence-corrected chi connectivity index (χ0v) is 9.49. The van der Waals surface area contributed by atoms with Gasteiger partial charge in [0.25, 0.3) is 0 Å². The summed E-state index contributed by atoms with van der Waals surface area (Å²) in [5.74, 6) is 0.631. The molecular weight excluding hydrogens is 186 g/mol. The molecule has 1 fully saturated rings. The molecule has 1 aromatic carbocycles. The molecule has 1 heterocycles. The van der Waals surface area contributed by atoms with Crippen LogP contribution in [0.25, 0.3) is 0 Å². The largest absolute Gasteiger partial charge is 0.383 e. The Morgan fingerprint density at radius 2 is 2.13 bits per heavy atom. The summed E-state index contributed by atoms with van der Waals surface area (Å²) in [6.45, 7) is 4.08. The molecule has 2 heteroatoms. The number of ether oxygens (including phenoxy) is 1. The van der Waals surface area contributed by atoms with Crippen LogP contribution in [0.4, 0.5) is 0 Å². The summed E-state index contributed by atoms with van der Waals surface area (Å²) in [6.07, 6.45) is 1.16. The highest BCUT2D eigenvalue weighted by molar-refractivity contribution is 5.22. The Kier molecular flexibility index (Phi) is 3.08. The monoisotopic (exact) mass is 205 g/mol. The molecule has 2 unspecified atom stereocenters. The van der Waals surface area contributed by atoms with Crippen molar-refractivity contribution in [2.75, 3.05) is 20.3 Å². The third kappa shape index (κ3) is 2.39. The van der Waals surface area contributed by atoms with Crippen molar-refractivity contribution in [3.8, 4) is 0 Å². The number of rotatable bonds is 3. The van der Waals surface area contributed by atoms with E-state index in [4.69, 9.17) is 4.74 Å². The van der Waals surface area contributed by atoms with Crippen molar-refractivity contribution in [1.82, 2.24) is 5.32 Å². The van der Waals surface area contributed by atoms with Crippen LogP contribution in [0.2, 0.25) is 0 Å². The molecular formula is C13H19NO. The first-order chi connectivity index (χ1) is 7.23. The number of hydrogen-bond acceptors (Lipinski definition) is 2. The molecule has 0 spiro atoms. The molecule has 0 aromatic heterocycles. The minimum absolute atomic E-state index is 0.148. The second kappa shape index (κ2) is 4.33. The highest BCUT2D eigenvalue weighted by atomic mass is 16.5. The summed E-state index contributed by atoms with van der Waals surface area (Å²) >= 11 is 0. The first-order valence-electron chi connectivity index (χ1n) is 5.52. The Morgan fingerprint density at radius 3 is 2.80 bits per heavy atom. The van der Waals surface area contributed by atoms with Gasteiger partial charge in [-0.25, -0.2) is 0 Å². The normalized spacial score (nSPS) is 30.7. The maximum Gasteiger partial charge on any atom is 0.0642 e. The fourth-order valence-corrected chi connectivity index (χ4v) is 2.45. The molecule has 2 rings (SSSR count). The number of nitrogens with one attached hydrogen (secondary N) is 1. The number of methoxy groups -OCH3 is 1. The van der Waals surface area contributed by atoms with Gasteiger partial charge in [0.05, 0.1) is 6.61 Å². The van der Waals surface area contributed by atoms with Gasteiger partial charge in [-0.05, 0) is 24.8 Å². The molecule has 0 saturated carbocycles. The van der Waals surface area contributed by atoms with E-state index in [9.17, 15) is 0 Å². The van der Waals surface area contributed by atoms with Crippen LogP contribution >= 0.6 is 0 Å². The van der Waals surface area contributed by atoms with Crippen LogP contribution in [0, 0.1) is 0 Å². The minimum Gasteiger partial charge on any atom is -0.383 e. The Hall–Kier alpha value is -0.860. The summed E-state index contributed by atoms with van der Waals surface area (Å²) in [4.78, 5) is 0. The van der Waals surface area contributed by atoms with Gasteiger partial charge in [0.1, 0.15) is 0 Å². The lowest BCUT2D eigenvalue weighted by molar-refractivity contribution is 0.129. The Bertz CT molecular complexity index is 312. The summed E-state index contributed by atoms with van der Waals surface area (Å²) in [5, 5.41) is 3.56. The molecule has 1 aliphatic rings. The highest BCUT2D eigenvalue weighted by Gasteiger charge is 2.34. The van der Waals surface area contributed by atoms with E-state index in [-0.39, 0.29) is 5.54 Å². The van der Waals surface area contributed by atoms with Crippen LogP contribution in [0.3, 0.4) is 0 Å². The van der Waals surface area contributed by atoms with Gasteiger partial charge in [0.15, 0.2) is 0 Å². The second-order valence-electron chi connectivity index (χ2n) is 4.69. The maximum atomic E-state index is 5.25. The van der Waals surface area contributed by atoms with Crippen molar-refractivity contribution in [2.24, 2.45) is 0 Å². The summed E-state index contributed by atoms with van der Waals surface area (Å²) in [7, 11) is 1.77. The molecule has 0 bridgehead atoms. The standard InChI is InChI=1S/C13H19NO/c1-13(10-15-2)8-12(9-14-13)11-6-4-3-5-7-11/h3-7,12,14H,8-10H2,1-2H3. The van der Waals surface area contributed by atoms with Crippen LogP contribution in [-0.4, -0.2) is 25.8 Å². The van der Waals surface area contributed by atoms with Crippen molar-refractivity contribution in [2.45, 2.75) is 24.8 Å². The number of hydrogen-bond donors (Lipinski definition) is 1. The molecule has 15 heavy (non-hydrogen) atoms. The van der Waals surface area contributed by atoms with E-state index >= 15 is 0 Å². The molecule has 1 saturated heterocycles. The fraction of sp³-hybridized carbons (Fsp3) is 0.538. The van der Waals surface area contributed by atoms with E-state index in [2.05, 4.69) is 42.6 Å². The summed E-state index contributed by atoms with van der Waals surface area (Å²) in [5.41, 5.74) is 1.58. The van der Waals surface area contributed by atoms with Gasteiger partial charge >= 0.3 is 0 Å². The van der Waals surface area contributed by atoms with E-state index in [0.717, 1.165) is 19.6 Å². The Labute approximate surface area is 91.6 Å². The fourth-order valence-electron chi connectivity index (χ4n) is 2.45. The van der Waals surface area contributed by atoms with Gasteiger partial charge in [-0.1, -0.05) is 30.3 Å². The van der Waals surface area contributed by atoms with Crippen molar-refractivity contribution in [3.05, 3.63) is 35.9 Å². The van der Waals surface area contributed by atoms with E-state index in [1.165, 1.54) is 5.56 Å². The van der Waals surface area contributed by atoms with Gasteiger partial charge in [-0.15, -0.1) is 0 Å². The predicted molar refractivity (Wildman–Crippen MR) is 62.1 cm³/mol. The predicted octanol–water partition coefficient (Wildman–Crippen LogP) is 2.17. The molecule has 2 atom stereocenters. The minimum atomic E-state index is 0.148. The van der Waals surface area contributed by atoms with Gasteiger partial charge < -0.3 is 10.1 Å². The molecule has 0 amide bonds. The molecule has 82 valence electrons. The summed E-state index contributed by atoms with van der Waals surface area (Å²) < 4.78 is 5.25. The van der Waals surface area contributed by atoms with Gasteiger partial charge in [0.2, 0.25) is 0 Å². The van der Waals surface area contributed by atoms with Crippen LogP contribution < -0.4 is 5.32 Å². The SMILES string of the molecule is COCC1(C)CC(c2ccccc2)CN1. The smallest absolute Gasteiger partial charge is 0.0642 e. The van der Waals surface area contributed by atoms with E-state index in [1.54, 1.807) is 7.11 Å². The van der Waals surface area contributed by atoms with Crippen molar-refractivity contribution in [3.63, 3.8) is 0 Å². The van der Waals surface area contributed by atoms with Crippen LogP contribution in [0.15, 0.2) is 30.3 Å². The summed E-state index contributed by atoms with van der Waals surface area (Å²) in [6, 6.07) is 10.7. The zero-order valence-electron chi connectivity index (χ0n) is 9.49. The molecule has 2 nitrogen and oxygen atoms in total. The quantitative estimate of drug-likeness (QED) is 0.816. The Balaban J connectivity index is 2.04. The highest BCUT2D eigenvalue weighted by Crippen LogP contribution is 2.31. The average molecular weight is 205 g/mol. The van der Waals surface area contributed by atoms with E-state index < -0.39 is 0 Å². The molecule has 1 N–H and O–H groups in total. The third-order valence-corrected chi connectivity index (χ3v) is 3.21. The first kappa shape index (κ1) is 10.7. The lowest BCUT2D eigenvalue weighted by Gasteiger charge is -2.23. The average Bonchev–Trinajstić information content (AvgIpc) is 2.63. The molecule has 1 aromatic rings. The molecule has 0 radical (unpaired) electrons. The van der Waals surface area contributed by atoms with Crippen molar-refractivity contribution >= 4 is 0 Å². The van der Waals surface area contributed by atoms with Gasteiger partial charge in [-0.3, -0.25) is 0 Å². The van der Waals surface area contributed by atoms with E-state index in [1.807, 2.05) is 0 Å². The molecule has 0 aliphatic carbocycles. The first-order valence-corrected chi connectivity index (χ1v) is 5.52. The maximum absolute atomic E-state index is 5.25. The topological polar surface area (TPSA) is 21.3 Å². The van der Waals surface area contributed by atoms with Crippen LogP contribution in [0.1, 0.15) is 24.8 Å². The van der Waals surface area contributed by atoms with Gasteiger partial charge in [-0.2, -0.15) is 0 Å². The van der Waals surface area contributed by atoms with Crippen molar-refractivity contribution < 1.29 is 4.74 Å². The lowest BCUT2D eigenvalue weighted by Crippen LogP contribution is -2.40. The van der Waals surface area contributed by atoms with Crippen LogP contribution in [0.5, 0.6) is 0 Å². The Morgan fingerprint density at radius 1 is 1.40 bits per heavy atom. The zero-order chi connectivity index (χ0) is 10.7. The van der Waals surface area contributed by atoms with E-state index in [0.29, 0.717) is 5.92 Å². The third-order valence-electron chi connectivity index (χ3n) is 3.21. The van der Waals surface area contributed by atoms with Crippen molar-refractivity contribution in [1.29, 1.82) is 0 Å². The van der Waals surface area contributed by atoms with Crippen LogP contribution in [-0.2, 0) is 4.74 Å². The number of benzene rings is 1. The molecule has 1 aliphatic heterocycles. The second-order valence-corrected chi connectivity index (χ2v) is 4.69. The van der Waals surface area contributed by atoms with Gasteiger partial charge in [0, 0.05) is 19.2 Å². The lowest BCUT2D eigenvalue weighted by atomic mass is 9.91.